The number of benzene rings is 1. The number of esters is 1. The number of fused-ring (bicyclic) bond motifs is 4. The molecule has 0 bridgehead atoms. The molecular formula is C30H27F2N5O8S. The van der Waals surface area contributed by atoms with E-state index in [1.807, 2.05) is 0 Å². The number of H-pyrrole nitrogens is 2. The fourth-order valence-corrected chi connectivity index (χ4v) is 6.45. The number of imidazole rings is 1. The fraction of sp³-hybridized carbons (Fsp3) is 0.367. The van der Waals surface area contributed by atoms with Gasteiger partial charge < -0.3 is 33.3 Å². The monoisotopic (exact) mass is 655 g/mol. The number of Topliss-reactive ketones (excluding diaryl/α,β-unsaturated/α-hetero) is 1. The van der Waals surface area contributed by atoms with Crippen LogP contribution in [0.15, 0.2) is 50.1 Å². The Hall–Kier alpha value is -4.86. The molecular weight excluding hydrogens is 628 g/mol. The van der Waals surface area contributed by atoms with E-state index in [4.69, 9.17) is 18.9 Å². The predicted octanol–water partition coefficient (Wildman–Crippen LogP) is 5.79. The molecule has 1 aromatic carbocycles. The van der Waals surface area contributed by atoms with Gasteiger partial charge in [0.2, 0.25) is 0 Å². The molecule has 0 spiro atoms. The molecule has 1 fully saturated rings. The molecule has 7 rings (SSSR count). The van der Waals surface area contributed by atoms with E-state index in [9.17, 15) is 23.2 Å². The number of rotatable bonds is 5. The van der Waals surface area contributed by atoms with Crippen molar-refractivity contribution in [3.63, 3.8) is 0 Å². The van der Waals surface area contributed by atoms with Crippen molar-refractivity contribution in [2.75, 3.05) is 19.7 Å². The number of piperidine rings is 1. The maximum atomic E-state index is 13.7. The Morgan fingerprint density at radius 3 is 2.65 bits per heavy atom. The quantitative estimate of drug-likeness (QED) is 0.252. The molecule has 0 saturated carbocycles. The number of hydrogen-bond acceptors (Lipinski definition) is 11. The number of nitrogens with one attached hydrogen (secondary N) is 2. The average molecular weight is 656 g/mol. The lowest BCUT2D eigenvalue weighted by Crippen LogP contribution is -2.53. The van der Waals surface area contributed by atoms with Gasteiger partial charge in [-0.15, -0.1) is 8.78 Å². The normalized spacial score (nSPS) is 19.9. The van der Waals surface area contributed by atoms with Crippen LogP contribution in [0.4, 0.5) is 19.3 Å². The van der Waals surface area contributed by atoms with Gasteiger partial charge in [0.1, 0.15) is 11.4 Å². The smallest absolute Gasteiger partial charge is 0.461 e. The van der Waals surface area contributed by atoms with Gasteiger partial charge in [0.25, 0.3) is 0 Å². The van der Waals surface area contributed by atoms with Crippen LogP contribution < -0.4 is 9.47 Å². The van der Waals surface area contributed by atoms with Crippen molar-refractivity contribution in [3.8, 4) is 11.5 Å². The highest BCUT2D eigenvalue weighted by molar-refractivity contribution is 7.99. The third-order valence-electron chi connectivity index (χ3n) is 7.43. The third kappa shape index (κ3) is 5.35. The van der Waals surface area contributed by atoms with Gasteiger partial charge in [0.05, 0.1) is 48.3 Å². The molecule has 13 nitrogen and oxygen atoms in total. The summed E-state index contributed by atoms with van der Waals surface area (Å²) in [6.07, 6.45) is -2.78. The second-order valence-corrected chi connectivity index (χ2v) is 12.8. The van der Waals surface area contributed by atoms with Crippen molar-refractivity contribution < 1.29 is 46.5 Å². The van der Waals surface area contributed by atoms with Crippen LogP contribution in [0.3, 0.4) is 0 Å². The average Bonchev–Trinajstić information content (AvgIpc) is 3.73. The first-order valence-electron chi connectivity index (χ1n) is 14.3. The van der Waals surface area contributed by atoms with Crippen LogP contribution in [-0.2, 0) is 14.3 Å². The highest BCUT2D eigenvalue weighted by Gasteiger charge is 2.47. The van der Waals surface area contributed by atoms with Crippen LogP contribution in [0.5, 0.6) is 11.5 Å². The lowest BCUT2D eigenvalue weighted by Gasteiger charge is -2.38. The van der Waals surface area contributed by atoms with Crippen molar-refractivity contribution in [2.45, 2.75) is 55.8 Å². The third-order valence-corrected chi connectivity index (χ3v) is 8.24. The summed E-state index contributed by atoms with van der Waals surface area (Å²) in [6.45, 7) is 6.87. The first-order valence-corrected chi connectivity index (χ1v) is 15.1. The number of furan rings is 1. The summed E-state index contributed by atoms with van der Waals surface area (Å²) in [5.74, 6) is -2.12. The summed E-state index contributed by atoms with van der Waals surface area (Å²) in [6, 6.07) is 6.17. The molecule has 3 aliphatic rings. The lowest BCUT2D eigenvalue weighted by molar-refractivity contribution is -0.286. The Morgan fingerprint density at radius 2 is 1.91 bits per heavy atom. The Labute approximate surface area is 263 Å². The van der Waals surface area contributed by atoms with Gasteiger partial charge in [0, 0.05) is 29.6 Å². The van der Waals surface area contributed by atoms with E-state index in [1.54, 1.807) is 46.0 Å². The van der Waals surface area contributed by atoms with Crippen molar-refractivity contribution in [1.29, 1.82) is 0 Å². The van der Waals surface area contributed by atoms with Gasteiger partial charge >= 0.3 is 18.4 Å². The number of carbonyl (C=O) groups excluding carboxylic acids is 3. The van der Waals surface area contributed by atoms with Crippen LogP contribution in [0.25, 0.3) is 11.0 Å². The van der Waals surface area contributed by atoms with Crippen LogP contribution in [0.2, 0.25) is 0 Å². The topological polar surface area (TPSA) is 161 Å². The summed E-state index contributed by atoms with van der Waals surface area (Å²) in [5.41, 5.74) is 1.45. The highest BCUT2D eigenvalue weighted by atomic mass is 32.2. The SMILES string of the molecule is CCOC(=O)c1[nH]cc2c1N=C1CN(C(=O)OC(C)(C)C)CC(=O)C1C2c1ccc(Sc2nc3cc4c(cc3[nH]2)OC(F)(F)O4)o1. The number of carbonyl (C=O) groups is 3. The van der Waals surface area contributed by atoms with E-state index < -0.39 is 35.8 Å². The molecule has 1 saturated heterocycles. The van der Waals surface area contributed by atoms with E-state index in [0.29, 0.717) is 44.0 Å². The minimum Gasteiger partial charge on any atom is -0.461 e. The van der Waals surface area contributed by atoms with E-state index >= 15 is 0 Å². The van der Waals surface area contributed by atoms with E-state index in [1.165, 1.54) is 17.0 Å². The van der Waals surface area contributed by atoms with Crippen molar-refractivity contribution in [3.05, 3.63) is 47.5 Å². The largest absolute Gasteiger partial charge is 0.586 e. The summed E-state index contributed by atoms with van der Waals surface area (Å²) >= 11 is 1.14. The second-order valence-electron chi connectivity index (χ2n) is 11.8. The summed E-state index contributed by atoms with van der Waals surface area (Å²) in [4.78, 5) is 55.8. The minimum absolute atomic E-state index is 0.0132. The van der Waals surface area contributed by atoms with E-state index in [2.05, 4.69) is 24.4 Å². The first-order chi connectivity index (χ1) is 21.8. The zero-order valence-corrected chi connectivity index (χ0v) is 25.8. The lowest BCUT2D eigenvalue weighted by atomic mass is 9.75. The van der Waals surface area contributed by atoms with Crippen molar-refractivity contribution in [1.82, 2.24) is 19.9 Å². The molecule has 6 heterocycles. The van der Waals surface area contributed by atoms with Crippen LogP contribution >= 0.6 is 11.8 Å². The van der Waals surface area contributed by atoms with Gasteiger partial charge in [-0.2, -0.15) is 0 Å². The Bertz CT molecular complexity index is 1900. The molecule has 240 valence electrons. The number of likely N-dealkylation sites (tertiary alicyclic amines) is 1. The number of aromatic amines is 2. The maximum absolute atomic E-state index is 13.7. The van der Waals surface area contributed by atoms with Crippen molar-refractivity contribution in [2.24, 2.45) is 10.9 Å². The Kier molecular flexibility index (Phi) is 6.88. The molecule has 0 radical (unpaired) electrons. The standard InChI is InChI=1S/C30H27F2N5O8S/c1-5-41-26(39)25-24-13(10-33-25)22(23-16(34-24)11-37(12-17(23)38)28(40)45-29(2,3)4)18-6-7-21(42-18)46-27-35-14-8-19-20(9-15(14)36-27)44-30(31,32)43-19/h6-10,22-23,33H,5,11-12H2,1-4H3,(H,35,36). The first kappa shape index (κ1) is 29.8. The molecule has 4 aromatic rings. The highest BCUT2D eigenvalue weighted by Crippen LogP contribution is 2.48. The summed E-state index contributed by atoms with van der Waals surface area (Å²) in [5, 5.41) is 0.831. The summed E-state index contributed by atoms with van der Waals surface area (Å²) < 4.78 is 52.9. The summed E-state index contributed by atoms with van der Waals surface area (Å²) in [7, 11) is 0. The second kappa shape index (κ2) is 10.6. The predicted molar refractivity (Wildman–Crippen MR) is 157 cm³/mol. The number of amides is 1. The van der Waals surface area contributed by atoms with Gasteiger partial charge in [-0.05, 0) is 51.6 Å². The maximum Gasteiger partial charge on any atom is 0.586 e. The van der Waals surface area contributed by atoms with Gasteiger partial charge in [-0.25, -0.2) is 14.6 Å². The van der Waals surface area contributed by atoms with Crippen LogP contribution in [-0.4, -0.2) is 75.0 Å². The number of aromatic nitrogens is 3. The van der Waals surface area contributed by atoms with Crippen LogP contribution in [0.1, 0.15) is 55.4 Å². The zero-order chi connectivity index (χ0) is 32.5. The Balaban J connectivity index is 1.20. The number of ketones is 1. The number of nitrogens with zero attached hydrogens (tertiary/aromatic N) is 3. The van der Waals surface area contributed by atoms with Gasteiger partial charge in [0.15, 0.2) is 33.2 Å². The molecule has 1 amide bonds. The molecule has 2 N–H and O–H groups in total. The van der Waals surface area contributed by atoms with Crippen LogP contribution in [0, 0.1) is 5.92 Å². The molecule has 16 heteroatoms. The van der Waals surface area contributed by atoms with Crippen molar-refractivity contribution >= 4 is 52.0 Å². The molecule has 0 aliphatic carbocycles. The van der Waals surface area contributed by atoms with E-state index in [-0.39, 0.29) is 42.7 Å². The molecule has 2 unspecified atom stereocenters. The number of alkyl halides is 2. The number of aliphatic imine (C=N–C) groups is 1. The number of ether oxygens (including phenoxy) is 4. The zero-order valence-electron chi connectivity index (χ0n) is 24.9. The number of halogens is 2. The Morgan fingerprint density at radius 1 is 1.15 bits per heavy atom. The van der Waals surface area contributed by atoms with E-state index in [0.717, 1.165) is 11.8 Å². The minimum atomic E-state index is -3.74. The molecule has 3 aromatic heterocycles. The number of hydrogen-bond donors (Lipinski definition) is 2. The molecule has 3 aliphatic heterocycles. The molecule has 46 heavy (non-hydrogen) atoms. The fourth-order valence-electron chi connectivity index (χ4n) is 5.68. The van der Waals surface area contributed by atoms with Gasteiger partial charge in [-0.1, -0.05) is 0 Å². The van der Waals surface area contributed by atoms with Gasteiger partial charge in [-0.3, -0.25) is 14.7 Å². The molecule has 2 atom stereocenters.